The van der Waals surface area contributed by atoms with Gasteiger partial charge in [-0.25, -0.2) is 0 Å². The summed E-state index contributed by atoms with van der Waals surface area (Å²) in [6, 6.07) is 6.34. The summed E-state index contributed by atoms with van der Waals surface area (Å²) in [5.74, 6) is 1.56. The first-order valence-electron chi connectivity index (χ1n) is 4.29. The number of methoxy groups -OCH3 is 1. The molecule has 0 N–H and O–H groups in total. The first-order chi connectivity index (χ1) is 5.65. The summed E-state index contributed by atoms with van der Waals surface area (Å²) in [6.07, 6.45) is 0. The molecule has 0 aliphatic carbocycles. The molecule has 0 saturated carbocycles. The van der Waals surface area contributed by atoms with E-state index in [1.54, 1.807) is 7.11 Å². The van der Waals surface area contributed by atoms with Gasteiger partial charge in [0.05, 0.1) is 7.11 Å². The lowest BCUT2D eigenvalue weighted by atomic mass is 10.0. The summed E-state index contributed by atoms with van der Waals surface area (Å²) >= 11 is 0. The molecule has 0 amide bonds. The number of benzene rings is 1. The van der Waals surface area contributed by atoms with Gasteiger partial charge in [0.2, 0.25) is 0 Å². The second-order valence-electron chi connectivity index (χ2n) is 3.38. The van der Waals surface area contributed by atoms with Crippen molar-refractivity contribution in [2.75, 3.05) is 7.11 Å². The molecule has 1 heteroatoms. The van der Waals surface area contributed by atoms with Crippen molar-refractivity contribution in [1.82, 2.24) is 0 Å². The summed E-state index contributed by atoms with van der Waals surface area (Å²) in [6.45, 7) is 6.47. The third kappa shape index (κ3) is 3.41. The van der Waals surface area contributed by atoms with Crippen LogP contribution in [-0.4, -0.2) is 7.11 Å². The average molecular weight is 196 g/mol. The Morgan fingerprint density at radius 1 is 1.14 bits per heavy atom. The average Bonchev–Trinajstić information content (AvgIpc) is 2.04. The number of aryl methyl sites for hydroxylation is 1. The molecule has 0 fully saturated rings. The predicted molar refractivity (Wildman–Crippen MR) is 65.3 cm³/mol. The number of hydrogen-bond acceptors (Lipinski definition) is 1. The van der Waals surface area contributed by atoms with Crippen molar-refractivity contribution >= 4 is 0 Å². The maximum atomic E-state index is 5.18. The Bertz CT molecular complexity index is 264. The molecule has 0 unspecified atom stereocenters. The molecule has 0 aliphatic rings. The van der Waals surface area contributed by atoms with Crippen molar-refractivity contribution < 1.29 is 4.74 Å². The van der Waals surface area contributed by atoms with E-state index in [1.807, 2.05) is 6.07 Å². The molecule has 1 rings (SSSR count). The normalized spacial score (nSPS) is 8.93. The molecule has 0 bridgehead atoms. The first kappa shape index (κ1) is 15.5. The zero-order chi connectivity index (χ0) is 9.14. The summed E-state index contributed by atoms with van der Waals surface area (Å²) in [7, 11) is 1.71. The largest absolute Gasteiger partial charge is 0.496 e. The van der Waals surface area contributed by atoms with Gasteiger partial charge in [-0.05, 0) is 30.0 Å². The van der Waals surface area contributed by atoms with Gasteiger partial charge < -0.3 is 4.74 Å². The van der Waals surface area contributed by atoms with Crippen molar-refractivity contribution in [2.45, 2.75) is 41.5 Å². The summed E-state index contributed by atoms with van der Waals surface area (Å²) < 4.78 is 5.18. The van der Waals surface area contributed by atoms with Gasteiger partial charge in [-0.3, -0.25) is 0 Å². The summed E-state index contributed by atoms with van der Waals surface area (Å²) in [5, 5.41) is 0. The van der Waals surface area contributed by atoms with E-state index in [4.69, 9.17) is 4.74 Å². The van der Waals surface area contributed by atoms with Crippen LogP contribution in [0, 0.1) is 6.92 Å². The van der Waals surface area contributed by atoms with Crippen LogP contribution in [0.25, 0.3) is 0 Å². The third-order valence-corrected chi connectivity index (χ3v) is 2.09. The topological polar surface area (TPSA) is 9.23 Å². The highest BCUT2D eigenvalue weighted by Crippen LogP contribution is 2.22. The van der Waals surface area contributed by atoms with Crippen LogP contribution in [0.15, 0.2) is 18.2 Å². The van der Waals surface area contributed by atoms with Crippen LogP contribution in [0.2, 0.25) is 0 Å². The molecule has 14 heavy (non-hydrogen) atoms. The van der Waals surface area contributed by atoms with Gasteiger partial charge >= 0.3 is 0 Å². The summed E-state index contributed by atoms with van der Waals surface area (Å²) in [4.78, 5) is 0. The lowest BCUT2D eigenvalue weighted by Crippen LogP contribution is -1.91. The Morgan fingerprint density at radius 3 is 2.07 bits per heavy atom. The minimum atomic E-state index is 0. The Labute approximate surface area is 89.1 Å². The van der Waals surface area contributed by atoms with E-state index in [0.717, 1.165) is 5.75 Å². The molecule has 0 aromatic heterocycles. The zero-order valence-corrected chi connectivity index (χ0v) is 8.22. The van der Waals surface area contributed by atoms with E-state index in [2.05, 4.69) is 32.9 Å². The number of ether oxygens (including phenoxy) is 1. The van der Waals surface area contributed by atoms with Crippen LogP contribution in [0.5, 0.6) is 5.75 Å². The highest BCUT2D eigenvalue weighted by atomic mass is 16.5. The van der Waals surface area contributed by atoms with E-state index in [-0.39, 0.29) is 14.9 Å². The van der Waals surface area contributed by atoms with Crippen molar-refractivity contribution in [3.63, 3.8) is 0 Å². The fraction of sp³-hybridized carbons (Fsp3) is 0.538. The number of hydrogen-bond donors (Lipinski definition) is 0. The molecule has 1 nitrogen and oxygen atoms in total. The van der Waals surface area contributed by atoms with Crippen molar-refractivity contribution in [2.24, 2.45) is 0 Å². The molecule has 0 atom stereocenters. The van der Waals surface area contributed by atoms with E-state index in [0.29, 0.717) is 5.92 Å². The second kappa shape index (κ2) is 6.47. The standard InChI is InChI=1S/C11H16O.2CH4/c1-8(2)10-5-6-11(12-4)9(3)7-10;;/h5-8H,1-4H3;2*1H4. The third-order valence-electron chi connectivity index (χ3n) is 2.09. The lowest BCUT2D eigenvalue weighted by molar-refractivity contribution is 0.411. The van der Waals surface area contributed by atoms with Crippen molar-refractivity contribution in [1.29, 1.82) is 0 Å². The molecular weight excluding hydrogens is 172 g/mol. The lowest BCUT2D eigenvalue weighted by Gasteiger charge is -2.09. The van der Waals surface area contributed by atoms with Crippen LogP contribution < -0.4 is 4.74 Å². The predicted octanol–water partition coefficient (Wildman–Crippen LogP) is 4.40. The van der Waals surface area contributed by atoms with Gasteiger partial charge in [0, 0.05) is 0 Å². The quantitative estimate of drug-likeness (QED) is 0.681. The van der Waals surface area contributed by atoms with Gasteiger partial charge in [0.25, 0.3) is 0 Å². The van der Waals surface area contributed by atoms with Crippen LogP contribution in [-0.2, 0) is 0 Å². The van der Waals surface area contributed by atoms with Gasteiger partial charge in [-0.15, -0.1) is 0 Å². The van der Waals surface area contributed by atoms with Gasteiger partial charge in [-0.2, -0.15) is 0 Å². The van der Waals surface area contributed by atoms with E-state index >= 15 is 0 Å². The Balaban J connectivity index is 0. The smallest absolute Gasteiger partial charge is 0.121 e. The zero-order valence-electron chi connectivity index (χ0n) is 8.22. The van der Waals surface area contributed by atoms with Crippen LogP contribution in [0.1, 0.15) is 45.7 Å². The minimum Gasteiger partial charge on any atom is -0.496 e. The second-order valence-corrected chi connectivity index (χ2v) is 3.38. The SMILES string of the molecule is C.C.COc1ccc(C(C)C)cc1C. The molecule has 0 spiro atoms. The van der Waals surface area contributed by atoms with Crippen LogP contribution in [0.4, 0.5) is 0 Å². The van der Waals surface area contributed by atoms with E-state index < -0.39 is 0 Å². The highest BCUT2D eigenvalue weighted by Gasteiger charge is 2.02. The van der Waals surface area contributed by atoms with E-state index in [1.165, 1.54) is 11.1 Å². The van der Waals surface area contributed by atoms with E-state index in [9.17, 15) is 0 Å². The molecule has 1 aromatic rings. The fourth-order valence-electron chi connectivity index (χ4n) is 1.26. The van der Waals surface area contributed by atoms with Gasteiger partial charge in [0.15, 0.2) is 0 Å². The first-order valence-corrected chi connectivity index (χ1v) is 4.29. The maximum Gasteiger partial charge on any atom is 0.121 e. The molecule has 0 aliphatic heterocycles. The Morgan fingerprint density at radius 2 is 1.71 bits per heavy atom. The molecule has 0 saturated heterocycles. The molecule has 82 valence electrons. The molecule has 0 heterocycles. The Kier molecular flexibility index (Phi) is 7.16. The van der Waals surface area contributed by atoms with Gasteiger partial charge in [-0.1, -0.05) is 40.8 Å². The maximum absolute atomic E-state index is 5.18. The monoisotopic (exact) mass is 196 g/mol. The fourth-order valence-corrected chi connectivity index (χ4v) is 1.26. The number of rotatable bonds is 2. The highest BCUT2D eigenvalue weighted by molar-refractivity contribution is 5.37. The molecular formula is C13H24O. The van der Waals surface area contributed by atoms with Crippen LogP contribution in [0.3, 0.4) is 0 Å². The van der Waals surface area contributed by atoms with Crippen LogP contribution >= 0.6 is 0 Å². The van der Waals surface area contributed by atoms with Crippen molar-refractivity contribution in [3.8, 4) is 5.75 Å². The Hall–Kier alpha value is -0.980. The van der Waals surface area contributed by atoms with Gasteiger partial charge in [0.1, 0.15) is 5.75 Å². The molecule has 0 radical (unpaired) electrons. The molecule has 1 aromatic carbocycles. The van der Waals surface area contributed by atoms with Crippen molar-refractivity contribution in [3.05, 3.63) is 29.3 Å². The summed E-state index contributed by atoms with van der Waals surface area (Å²) in [5.41, 5.74) is 2.58. The minimum absolute atomic E-state index is 0.